The number of fused-ring (bicyclic) bond motifs is 2. The zero-order valence-electron chi connectivity index (χ0n) is 18.3. The number of nitrogens with zero attached hydrogens (tertiary/aromatic N) is 2. The molecule has 3 aliphatic rings. The van der Waals surface area contributed by atoms with Gasteiger partial charge in [-0.05, 0) is 18.2 Å². The highest BCUT2D eigenvalue weighted by atomic mass is 16.7. The normalized spacial score (nSPS) is 30.4. The number of aliphatic hydroxyl groups is 1. The first-order valence-electron chi connectivity index (χ1n) is 11.2. The number of phenolic OH excluding ortho intramolecular Hbond substituents is 1. The summed E-state index contributed by atoms with van der Waals surface area (Å²) in [5, 5.41) is 25.0. The lowest BCUT2D eigenvalue weighted by molar-refractivity contribution is -0.183. The first-order chi connectivity index (χ1) is 15.6. The molecule has 32 heavy (non-hydrogen) atoms. The number of methoxy groups -OCH3 is 1. The third kappa shape index (κ3) is 4.16. The minimum Gasteiger partial charge on any atom is -0.507 e. The Morgan fingerprint density at radius 2 is 1.88 bits per heavy atom. The van der Waals surface area contributed by atoms with E-state index < -0.39 is 12.4 Å². The second-order valence-electron chi connectivity index (χ2n) is 8.62. The van der Waals surface area contributed by atoms with Crippen LogP contribution >= 0.6 is 0 Å². The molecule has 0 saturated carbocycles. The van der Waals surface area contributed by atoms with Gasteiger partial charge in [-0.15, -0.1) is 0 Å². The Labute approximate surface area is 188 Å². The van der Waals surface area contributed by atoms with Crippen LogP contribution < -0.4 is 15.0 Å². The number of aliphatic hydroxyl groups excluding tert-OH is 1. The van der Waals surface area contributed by atoms with E-state index in [1.165, 1.54) is 5.69 Å². The van der Waals surface area contributed by atoms with Gasteiger partial charge in [0.2, 0.25) is 0 Å². The molecule has 172 valence electrons. The van der Waals surface area contributed by atoms with Gasteiger partial charge in [0.15, 0.2) is 6.29 Å². The quantitative estimate of drug-likeness (QED) is 0.616. The average Bonchev–Trinajstić information content (AvgIpc) is 3.25. The van der Waals surface area contributed by atoms with Gasteiger partial charge in [-0.3, -0.25) is 4.90 Å². The maximum absolute atomic E-state index is 11.3. The van der Waals surface area contributed by atoms with E-state index in [1.54, 1.807) is 13.2 Å². The molecule has 3 heterocycles. The molecule has 2 aromatic carbocycles. The van der Waals surface area contributed by atoms with E-state index in [-0.39, 0.29) is 23.9 Å². The van der Waals surface area contributed by atoms with Crippen LogP contribution in [0.25, 0.3) is 0 Å². The Kier molecular flexibility index (Phi) is 6.21. The molecular weight excluding hydrogens is 410 g/mol. The smallest absolute Gasteiger partial charge is 0.176 e. The molecule has 0 amide bonds. The molecule has 3 N–H and O–H groups in total. The summed E-state index contributed by atoms with van der Waals surface area (Å²) in [4.78, 5) is 4.66. The highest BCUT2D eigenvalue weighted by molar-refractivity contribution is 5.46. The first kappa shape index (κ1) is 21.5. The van der Waals surface area contributed by atoms with E-state index in [4.69, 9.17) is 14.2 Å². The van der Waals surface area contributed by atoms with Crippen molar-refractivity contribution in [3.63, 3.8) is 0 Å². The minimum absolute atomic E-state index is 0.164. The molecule has 5 rings (SSSR count). The van der Waals surface area contributed by atoms with Crippen molar-refractivity contribution < 1.29 is 24.4 Å². The van der Waals surface area contributed by atoms with Crippen molar-refractivity contribution in [2.45, 2.75) is 37.1 Å². The zero-order valence-corrected chi connectivity index (χ0v) is 18.3. The SMILES string of the molecule is COc1ccc(CN[C@@H]2[C@H](O)[C@@H](N3CCN(c4ccccc4)CC3)[C@@H]3OC[C@@H]2O3)c(O)c1. The standard InChI is InChI=1S/C24H31N3O5/c1-30-18-8-7-16(19(28)13-18)14-25-21-20-15-31-24(32-20)22(23(21)29)27-11-9-26(10-12-27)17-5-3-2-4-6-17/h2-8,13,20-25,28-29H,9-12,14-15H2,1H3/t20-,21-,22+,23-,24+/m0/s1. The number of phenols is 1. The van der Waals surface area contributed by atoms with E-state index in [0.29, 0.717) is 18.9 Å². The molecule has 3 fully saturated rings. The van der Waals surface area contributed by atoms with Crippen LogP contribution in [0, 0.1) is 0 Å². The van der Waals surface area contributed by atoms with Gasteiger partial charge in [0.25, 0.3) is 0 Å². The van der Waals surface area contributed by atoms with Gasteiger partial charge in [0.05, 0.1) is 31.9 Å². The Morgan fingerprint density at radius 3 is 2.59 bits per heavy atom. The highest BCUT2D eigenvalue weighted by Gasteiger charge is 2.52. The Balaban J connectivity index is 1.24. The van der Waals surface area contributed by atoms with E-state index in [1.807, 2.05) is 18.2 Å². The van der Waals surface area contributed by atoms with Crippen LogP contribution in [0.15, 0.2) is 48.5 Å². The number of benzene rings is 2. The number of rotatable bonds is 6. The summed E-state index contributed by atoms with van der Waals surface area (Å²) in [7, 11) is 1.57. The number of piperazine rings is 1. The summed E-state index contributed by atoms with van der Waals surface area (Å²) in [6, 6.07) is 15.1. The molecule has 0 aromatic heterocycles. The topological polar surface area (TPSA) is 86.7 Å². The molecule has 8 heteroatoms. The summed E-state index contributed by atoms with van der Waals surface area (Å²) < 4.78 is 17.2. The number of aromatic hydroxyl groups is 1. The molecule has 3 aliphatic heterocycles. The monoisotopic (exact) mass is 441 g/mol. The van der Waals surface area contributed by atoms with Gasteiger partial charge in [0.1, 0.15) is 17.6 Å². The lowest BCUT2D eigenvalue weighted by Crippen LogP contribution is -2.66. The van der Waals surface area contributed by atoms with E-state index >= 15 is 0 Å². The van der Waals surface area contributed by atoms with Gasteiger partial charge >= 0.3 is 0 Å². The Morgan fingerprint density at radius 1 is 1.09 bits per heavy atom. The molecule has 8 nitrogen and oxygen atoms in total. The van der Waals surface area contributed by atoms with Crippen molar-refractivity contribution in [2.75, 3.05) is 44.8 Å². The zero-order chi connectivity index (χ0) is 22.1. The molecule has 2 aromatic rings. The van der Waals surface area contributed by atoms with Crippen molar-refractivity contribution in [2.24, 2.45) is 0 Å². The average molecular weight is 442 g/mol. The molecule has 3 saturated heterocycles. The van der Waals surface area contributed by atoms with Crippen LogP contribution in [0.3, 0.4) is 0 Å². The second kappa shape index (κ2) is 9.25. The second-order valence-corrected chi connectivity index (χ2v) is 8.62. The number of hydrogen-bond acceptors (Lipinski definition) is 8. The van der Waals surface area contributed by atoms with Crippen molar-refractivity contribution in [1.29, 1.82) is 0 Å². The van der Waals surface area contributed by atoms with Crippen LogP contribution in [-0.2, 0) is 16.0 Å². The number of hydrogen-bond donors (Lipinski definition) is 3. The van der Waals surface area contributed by atoms with Gasteiger partial charge in [0, 0.05) is 50.0 Å². The largest absolute Gasteiger partial charge is 0.507 e. The maximum atomic E-state index is 11.3. The predicted octanol–water partition coefficient (Wildman–Crippen LogP) is 1.17. The van der Waals surface area contributed by atoms with Crippen molar-refractivity contribution in [1.82, 2.24) is 10.2 Å². The summed E-state index contributed by atoms with van der Waals surface area (Å²) in [5.74, 6) is 0.770. The first-order valence-corrected chi connectivity index (χ1v) is 11.2. The molecule has 0 spiro atoms. The number of para-hydroxylation sites is 1. The van der Waals surface area contributed by atoms with Crippen LogP contribution in [0.4, 0.5) is 5.69 Å². The lowest BCUT2D eigenvalue weighted by atomic mass is 9.94. The van der Waals surface area contributed by atoms with Gasteiger partial charge in [-0.25, -0.2) is 0 Å². The predicted molar refractivity (Wildman–Crippen MR) is 120 cm³/mol. The van der Waals surface area contributed by atoms with Crippen molar-refractivity contribution in [3.05, 3.63) is 54.1 Å². The Bertz CT molecular complexity index is 906. The number of nitrogens with one attached hydrogen (secondary N) is 1. The maximum Gasteiger partial charge on any atom is 0.176 e. The van der Waals surface area contributed by atoms with Crippen LogP contribution in [0.1, 0.15) is 5.56 Å². The molecule has 0 unspecified atom stereocenters. The fourth-order valence-electron chi connectivity index (χ4n) is 5.01. The molecule has 0 radical (unpaired) electrons. The van der Waals surface area contributed by atoms with Crippen LogP contribution in [0.2, 0.25) is 0 Å². The lowest BCUT2D eigenvalue weighted by Gasteiger charge is -2.47. The van der Waals surface area contributed by atoms with E-state index in [9.17, 15) is 10.2 Å². The number of anilines is 1. The third-order valence-corrected chi connectivity index (χ3v) is 6.81. The summed E-state index contributed by atoms with van der Waals surface area (Å²) >= 11 is 0. The fourth-order valence-corrected chi connectivity index (χ4v) is 5.01. The van der Waals surface area contributed by atoms with Gasteiger partial charge < -0.3 is 34.6 Å². The van der Waals surface area contributed by atoms with Crippen molar-refractivity contribution >= 4 is 5.69 Å². The van der Waals surface area contributed by atoms with Gasteiger partial charge in [-0.2, -0.15) is 0 Å². The highest BCUT2D eigenvalue weighted by Crippen LogP contribution is 2.33. The van der Waals surface area contributed by atoms with E-state index in [0.717, 1.165) is 31.7 Å². The Hall–Kier alpha value is -2.36. The molecular formula is C24H31N3O5. The van der Waals surface area contributed by atoms with Crippen LogP contribution in [-0.4, -0.2) is 85.6 Å². The molecule has 0 aliphatic carbocycles. The van der Waals surface area contributed by atoms with E-state index in [2.05, 4.69) is 39.4 Å². The molecule has 5 atom stereocenters. The minimum atomic E-state index is -0.634. The summed E-state index contributed by atoms with van der Waals surface area (Å²) in [6.45, 7) is 4.31. The van der Waals surface area contributed by atoms with Crippen molar-refractivity contribution in [3.8, 4) is 11.5 Å². The fraction of sp³-hybridized carbons (Fsp3) is 0.500. The number of ether oxygens (including phenoxy) is 3. The molecule has 2 bridgehead atoms. The van der Waals surface area contributed by atoms with Gasteiger partial charge in [-0.1, -0.05) is 24.3 Å². The summed E-state index contributed by atoms with van der Waals surface area (Å²) in [6.07, 6.45) is -1.26. The van der Waals surface area contributed by atoms with Crippen LogP contribution in [0.5, 0.6) is 11.5 Å². The summed E-state index contributed by atoms with van der Waals surface area (Å²) in [5.41, 5.74) is 1.97. The third-order valence-electron chi connectivity index (χ3n) is 6.81.